The van der Waals surface area contributed by atoms with E-state index in [2.05, 4.69) is 26.4 Å². The highest BCUT2D eigenvalue weighted by Crippen LogP contribution is 2.45. The van der Waals surface area contributed by atoms with Crippen LogP contribution in [0.1, 0.15) is 38.4 Å². The largest absolute Gasteiger partial charge is 0.479 e. The Labute approximate surface area is 117 Å². The maximum Gasteiger partial charge on any atom is 0.245 e. The van der Waals surface area contributed by atoms with Gasteiger partial charge in [0.05, 0.1) is 13.0 Å². The summed E-state index contributed by atoms with van der Waals surface area (Å²) in [5, 5.41) is 0. The van der Waals surface area contributed by atoms with E-state index < -0.39 is 0 Å². The molecule has 2 aromatic heterocycles. The van der Waals surface area contributed by atoms with Gasteiger partial charge in [-0.25, -0.2) is 9.97 Å². The highest BCUT2D eigenvalue weighted by Gasteiger charge is 2.40. The summed E-state index contributed by atoms with van der Waals surface area (Å²) >= 11 is 6.07. The number of hydrogen-bond donors (Lipinski definition) is 0. The molecule has 0 bridgehead atoms. The van der Waals surface area contributed by atoms with Crippen molar-refractivity contribution in [1.29, 1.82) is 0 Å². The van der Waals surface area contributed by atoms with Gasteiger partial charge < -0.3 is 9.30 Å². The Bertz CT molecular complexity index is 600. The number of nitrogens with zero attached hydrogens (tertiary/aromatic N) is 4. The molecule has 0 saturated heterocycles. The van der Waals surface area contributed by atoms with Crippen molar-refractivity contribution < 1.29 is 4.74 Å². The van der Waals surface area contributed by atoms with Gasteiger partial charge in [0.1, 0.15) is 12.2 Å². The molecule has 6 heteroatoms. The number of hydrogen-bond acceptors (Lipinski definition) is 4. The van der Waals surface area contributed by atoms with Crippen molar-refractivity contribution in [3.63, 3.8) is 0 Å². The molecule has 2 heterocycles. The number of ether oxygens (including phenoxy) is 1. The van der Waals surface area contributed by atoms with Gasteiger partial charge in [0.15, 0.2) is 11.2 Å². The Morgan fingerprint density at radius 1 is 1.42 bits per heavy atom. The van der Waals surface area contributed by atoms with Crippen LogP contribution in [0.2, 0.25) is 0 Å². The molecule has 0 spiro atoms. The SMILES string of the molecule is CCC1(n2c(CCl)nc3c(OC)ncnc32)CCC1. The van der Waals surface area contributed by atoms with Crippen LogP contribution in [0.15, 0.2) is 6.33 Å². The van der Waals surface area contributed by atoms with Gasteiger partial charge in [-0.05, 0) is 25.7 Å². The van der Waals surface area contributed by atoms with E-state index in [9.17, 15) is 0 Å². The lowest BCUT2D eigenvalue weighted by atomic mass is 9.74. The molecule has 102 valence electrons. The van der Waals surface area contributed by atoms with E-state index in [1.165, 1.54) is 12.7 Å². The molecule has 5 nitrogen and oxygen atoms in total. The highest BCUT2D eigenvalue weighted by molar-refractivity contribution is 6.16. The molecule has 0 atom stereocenters. The second-order valence-electron chi connectivity index (χ2n) is 4.98. The lowest BCUT2D eigenvalue weighted by Gasteiger charge is -2.43. The van der Waals surface area contributed by atoms with Crippen LogP contribution in [0, 0.1) is 0 Å². The average Bonchev–Trinajstić information content (AvgIpc) is 2.77. The summed E-state index contributed by atoms with van der Waals surface area (Å²) in [6.07, 6.45) is 6.15. The molecule has 3 rings (SSSR count). The van der Waals surface area contributed by atoms with E-state index >= 15 is 0 Å². The molecule has 0 aromatic carbocycles. The molecule has 1 fully saturated rings. The van der Waals surface area contributed by atoms with Crippen molar-refractivity contribution in [1.82, 2.24) is 19.5 Å². The molecule has 1 aliphatic rings. The normalized spacial score (nSPS) is 17.4. The van der Waals surface area contributed by atoms with Gasteiger partial charge in [0.2, 0.25) is 5.88 Å². The summed E-state index contributed by atoms with van der Waals surface area (Å²) in [5.74, 6) is 1.75. The minimum atomic E-state index is 0.123. The zero-order valence-corrected chi connectivity index (χ0v) is 11.9. The Kier molecular flexibility index (Phi) is 3.09. The van der Waals surface area contributed by atoms with Crippen LogP contribution in [0.4, 0.5) is 0 Å². The molecule has 0 amide bonds. The van der Waals surface area contributed by atoms with Crippen molar-refractivity contribution in [2.24, 2.45) is 0 Å². The van der Waals surface area contributed by atoms with Gasteiger partial charge >= 0.3 is 0 Å². The monoisotopic (exact) mass is 280 g/mol. The minimum Gasteiger partial charge on any atom is -0.479 e. The number of aromatic nitrogens is 4. The first-order valence-electron chi connectivity index (χ1n) is 6.58. The van der Waals surface area contributed by atoms with Crippen molar-refractivity contribution in [2.75, 3.05) is 7.11 Å². The molecule has 0 unspecified atom stereocenters. The minimum absolute atomic E-state index is 0.123. The summed E-state index contributed by atoms with van der Waals surface area (Å²) < 4.78 is 7.48. The molecule has 0 radical (unpaired) electrons. The molecule has 1 saturated carbocycles. The first kappa shape index (κ1) is 12.7. The lowest BCUT2D eigenvalue weighted by molar-refractivity contribution is 0.137. The number of rotatable bonds is 4. The van der Waals surface area contributed by atoms with Crippen LogP contribution < -0.4 is 4.74 Å². The maximum atomic E-state index is 6.07. The summed E-state index contributed by atoms with van der Waals surface area (Å²) in [7, 11) is 1.60. The van der Waals surface area contributed by atoms with E-state index in [0.717, 1.165) is 30.7 Å². The number of imidazole rings is 1. The summed E-state index contributed by atoms with van der Waals surface area (Å²) in [5.41, 5.74) is 1.67. The molecule has 1 aliphatic carbocycles. The summed E-state index contributed by atoms with van der Waals surface area (Å²) in [6, 6.07) is 0. The van der Waals surface area contributed by atoms with Crippen LogP contribution >= 0.6 is 11.6 Å². The van der Waals surface area contributed by atoms with Gasteiger partial charge in [-0.3, -0.25) is 0 Å². The summed E-state index contributed by atoms with van der Waals surface area (Å²) in [4.78, 5) is 13.1. The van der Waals surface area contributed by atoms with Gasteiger partial charge in [0, 0.05) is 5.54 Å². The quantitative estimate of drug-likeness (QED) is 0.808. The van der Waals surface area contributed by atoms with Gasteiger partial charge in [-0.1, -0.05) is 6.92 Å². The van der Waals surface area contributed by atoms with Crippen molar-refractivity contribution in [2.45, 2.75) is 44.0 Å². The zero-order chi connectivity index (χ0) is 13.5. The second kappa shape index (κ2) is 4.63. The number of alkyl halides is 1. The van der Waals surface area contributed by atoms with Crippen LogP contribution in [0.5, 0.6) is 5.88 Å². The van der Waals surface area contributed by atoms with Gasteiger partial charge in [-0.15, -0.1) is 11.6 Å². The standard InChI is InChI=1S/C13H17ClN4O/c1-3-13(5-4-6-13)18-9(7-14)17-10-11(18)15-8-16-12(10)19-2/h8H,3-7H2,1-2H3. The predicted octanol–water partition coefficient (Wildman–Crippen LogP) is 2.86. The smallest absolute Gasteiger partial charge is 0.245 e. The predicted molar refractivity (Wildman–Crippen MR) is 73.5 cm³/mol. The third-order valence-corrected chi connectivity index (χ3v) is 4.45. The van der Waals surface area contributed by atoms with Gasteiger partial charge in [-0.2, -0.15) is 4.98 Å². The first-order valence-corrected chi connectivity index (χ1v) is 7.12. The highest BCUT2D eigenvalue weighted by atomic mass is 35.5. The van der Waals surface area contributed by atoms with Crippen molar-refractivity contribution in [3.8, 4) is 5.88 Å². The first-order chi connectivity index (χ1) is 9.25. The van der Waals surface area contributed by atoms with E-state index in [1.807, 2.05) is 0 Å². The van der Waals surface area contributed by atoms with Gasteiger partial charge in [0.25, 0.3) is 0 Å². The fraction of sp³-hybridized carbons (Fsp3) is 0.615. The van der Waals surface area contributed by atoms with Crippen molar-refractivity contribution >= 4 is 22.8 Å². The number of methoxy groups -OCH3 is 1. The van der Waals surface area contributed by atoms with E-state index in [-0.39, 0.29) is 5.54 Å². The molecule has 19 heavy (non-hydrogen) atoms. The number of halogens is 1. The van der Waals surface area contributed by atoms with E-state index in [4.69, 9.17) is 16.3 Å². The van der Waals surface area contributed by atoms with E-state index in [0.29, 0.717) is 17.3 Å². The molecule has 0 aliphatic heterocycles. The Morgan fingerprint density at radius 3 is 2.74 bits per heavy atom. The topological polar surface area (TPSA) is 52.8 Å². The Balaban J connectivity index is 2.28. The molecule has 0 N–H and O–H groups in total. The van der Waals surface area contributed by atoms with Crippen LogP contribution in [0.25, 0.3) is 11.2 Å². The Morgan fingerprint density at radius 2 is 2.21 bits per heavy atom. The maximum absolute atomic E-state index is 6.07. The molecule has 2 aromatic rings. The molecular weight excluding hydrogens is 264 g/mol. The fourth-order valence-electron chi connectivity index (χ4n) is 2.97. The fourth-order valence-corrected chi connectivity index (χ4v) is 3.15. The summed E-state index contributed by atoms with van der Waals surface area (Å²) in [6.45, 7) is 2.21. The van der Waals surface area contributed by atoms with E-state index in [1.54, 1.807) is 7.11 Å². The molecular formula is C13H17ClN4O. The second-order valence-corrected chi connectivity index (χ2v) is 5.25. The Hall–Kier alpha value is -1.36. The third kappa shape index (κ3) is 1.71. The van der Waals surface area contributed by atoms with Crippen LogP contribution in [0.3, 0.4) is 0 Å². The lowest BCUT2D eigenvalue weighted by Crippen LogP contribution is -2.41. The van der Waals surface area contributed by atoms with Crippen molar-refractivity contribution in [3.05, 3.63) is 12.2 Å². The number of fused-ring (bicyclic) bond motifs is 1. The third-order valence-electron chi connectivity index (χ3n) is 4.21. The van der Waals surface area contributed by atoms with Crippen LogP contribution in [-0.2, 0) is 11.4 Å². The van der Waals surface area contributed by atoms with Crippen LogP contribution in [-0.4, -0.2) is 26.6 Å². The average molecular weight is 281 g/mol. The zero-order valence-electron chi connectivity index (χ0n) is 11.2.